The summed E-state index contributed by atoms with van der Waals surface area (Å²) < 4.78 is 17.2. The Morgan fingerprint density at radius 3 is 1.58 bits per heavy atom. The van der Waals surface area contributed by atoms with E-state index in [1.54, 1.807) is 0 Å². The maximum atomic E-state index is 12.6. The molecule has 0 radical (unpaired) electrons. The topological polar surface area (TPSA) is 99.1 Å². The number of ether oxygens (including phenoxy) is 3. The van der Waals surface area contributed by atoms with E-state index in [4.69, 9.17) is 14.2 Å². The summed E-state index contributed by atoms with van der Waals surface area (Å²) in [6.07, 6.45) is 44.6. The number of rotatable bonds is 39. The van der Waals surface area contributed by atoms with Crippen LogP contribution < -0.4 is 0 Å². The first-order valence-electron chi connectivity index (χ1n) is 22.2. The second kappa shape index (κ2) is 38.2. The molecule has 2 atom stereocenters. The van der Waals surface area contributed by atoms with Crippen LogP contribution >= 0.6 is 0 Å². The Balaban J connectivity index is 4.30. The van der Waals surface area contributed by atoms with Gasteiger partial charge >= 0.3 is 17.9 Å². The lowest BCUT2D eigenvalue weighted by Gasteiger charge is -2.31. The monoisotopic (exact) mass is 775 g/mol. The number of aliphatic carboxylic acids is 1. The molecule has 0 aromatic heterocycles. The van der Waals surface area contributed by atoms with Crippen molar-refractivity contribution in [2.75, 3.05) is 41.0 Å². The Hall–Kier alpha value is -2.71. The quantitative estimate of drug-likeness (QED) is 0.0287. The summed E-state index contributed by atoms with van der Waals surface area (Å²) >= 11 is 0. The number of allylic oxidation sites excluding steroid dienone is 8. The van der Waals surface area contributed by atoms with Gasteiger partial charge in [-0.05, 0) is 64.2 Å². The minimum absolute atomic E-state index is 0.0390. The number of nitrogens with zero attached hydrogens (tertiary/aromatic N) is 1. The summed E-state index contributed by atoms with van der Waals surface area (Å²) in [5, 5.41) is 9.60. The Morgan fingerprint density at radius 1 is 0.564 bits per heavy atom. The van der Waals surface area contributed by atoms with Crippen LogP contribution in [-0.4, -0.2) is 80.6 Å². The number of carboxylic acid groups (broad SMARTS) is 1. The number of hydrogen-bond acceptors (Lipinski definition) is 6. The van der Waals surface area contributed by atoms with Gasteiger partial charge in [-0.2, -0.15) is 0 Å². The van der Waals surface area contributed by atoms with Crippen molar-refractivity contribution >= 4 is 17.9 Å². The van der Waals surface area contributed by atoms with Crippen molar-refractivity contribution in [2.45, 2.75) is 193 Å². The van der Waals surface area contributed by atoms with Gasteiger partial charge in [0.25, 0.3) is 0 Å². The highest BCUT2D eigenvalue weighted by Crippen LogP contribution is 2.14. The molecule has 0 aromatic rings. The van der Waals surface area contributed by atoms with Crippen LogP contribution in [-0.2, 0) is 28.6 Å². The molecule has 0 aliphatic heterocycles. The predicted octanol–water partition coefficient (Wildman–Crippen LogP) is 12.0. The van der Waals surface area contributed by atoms with E-state index >= 15 is 0 Å². The first kappa shape index (κ1) is 52.3. The van der Waals surface area contributed by atoms with Gasteiger partial charge in [-0.1, -0.05) is 146 Å². The van der Waals surface area contributed by atoms with Gasteiger partial charge in [0, 0.05) is 19.3 Å². The van der Waals surface area contributed by atoms with Crippen molar-refractivity contribution in [1.82, 2.24) is 0 Å². The molecule has 55 heavy (non-hydrogen) atoms. The van der Waals surface area contributed by atoms with Gasteiger partial charge in [-0.15, -0.1) is 0 Å². The first-order chi connectivity index (χ1) is 26.6. The zero-order valence-electron chi connectivity index (χ0n) is 36.1. The Bertz CT molecular complexity index is 1040. The van der Waals surface area contributed by atoms with E-state index in [9.17, 15) is 19.5 Å². The largest absolute Gasteiger partial charge is 0.477 e. The van der Waals surface area contributed by atoms with E-state index in [1.807, 2.05) is 21.1 Å². The lowest BCUT2D eigenvalue weighted by atomic mass is 10.1. The zero-order chi connectivity index (χ0) is 40.7. The molecule has 0 saturated carbocycles. The number of hydrogen-bond donors (Lipinski definition) is 1. The van der Waals surface area contributed by atoms with E-state index in [-0.39, 0.29) is 42.7 Å². The Labute approximate surface area is 337 Å². The number of likely N-dealkylation sites (N-methyl/N-ethyl adjacent to an activating group) is 1. The maximum Gasteiger partial charge on any atom is 0.362 e. The van der Waals surface area contributed by atoms with E-state index in [0.717, 1.165) is 44.9 Å². The minimum Gasteiger partial charge on any atom is -0.477 e. The van der Waals surface area contributed by atoms with Crippen LogP contribution in [0.5, 0.6) is 0 Å². The van der Waals surface area contributed by atoms with Gasteiger partial charge in [-0.3, -0.25) is 9.59 Å². The van der Waals surface area contributed by atoms with E-state index in [2.05, 4.69) is 62.5 Å². The first-order valence-corrected chi connectivity index (χ1v) is 22.2. The van der Waals surface area contributed by atoms with Crippen molar-refractivity contribution in [3.63, 3.8) is 0 Å². The molecule has 0 saturated heterocycles. The summed E-state index contributed by atoms with van der Waals surface area (Å²) in [5.74, 6) is -1.54. The Kier molecular flexibility index (Phi) is 36.3. The van der Waals surface area contributed by atoms with Crippen molar-refractivity contribution in [3.05, 3.63) is 48.6 Å². The fourth-order valence-corrected chi connectivity index (χ4v) is 6.29. The molecule has 2 unspecified atom stereocenters. The standard InChI is InChI=1S/C47H83NO7/c1-6-8-10-12-14-16-18-19-20-21-22-23-24-25-26-28-29-31-33-35-37-45(49)54-42-43(41-53-40-39-44(47(51)52)48(3,4)5)55-46(50)38-36-34-32-30-27-17-15-13-11-9-7-2/h9,11,15,17,22-23,30,32,43-44H,6-8,10,12-14,16,18-21,24-29,31,33-42H2,1-5H3/p+1/b11-9+,17-15+,23-22+,32-30+. The van der Waals surface area contributed by atoms with Gasteiger partial charge in [0.2, 0.25) is 0 Å². The van der Waals surface area contributed by atoms with Gasteiger partial charge in [0.05, 0.1) is 34.4 Å². The fraction of sp³-hybridized carbons (Fsp3) is 0.766. The highest BCUT2D eigenvalue weighted by molar-refractivity contribution is 5.72. The number of carboxylic acids is 1. The predicted molar refractivity (Wildman–Crippen MR) is 229 cm³/mol. The molecule has 0 spiro atoms. The lowest BCUT2D eigenvalue weighted by Crippen LogP contribution is -2.50. The molecule has 1 N–H and O–H groups in total. The molecule has 0 aromatic carbocycles. The minimum atomic E-state index is -0.885. The number of carbonyl (C=O) groups excluding carboxylic acids is 2. The van der Waals surface area contributed by atoms with E-state index in [0.29, 0.717) is 19.3 Å². The molecule has 0 heterocycles. The summed E-state index contributed by atoms with van der Waals surface area (Å²) in [4.78, 5) is 36.9. The van der Waals surface area contributed by atoms with E-state index < -0.39 is 18.1 Å². The summed E-state index contributed by atoms with van der Waals surface area (Å²) in [5.41, 5.74) is 0. The summed E-state index contributed by atoms with van der Waals surface area (Å²) in [7, 11) is 5.50. The number of esters is 2. The lowest BCUT2D eigenvalue weighted by molar-refractivity contribution is -0.887. The van der Waals surface area contributed by atoms with Gasteiger partial charge in [0.1, 0.15) is 6.61 Å². The third-order valence-electron chi connectivity index (χ3n) is 9.71. The van der Waals surface area contributed by atoms with Crippen LogP contribution in [0.25, 0.3) is 0 Å². The van der Waals surface area contributed by atoms with Crippen LogP contribution in [0.4, 0.5) is 0 Å². The second-order valence-corrected chi connectivity index (χ2v) is 15.9. The summed E-state index contributed by atoms with van der Waals surface area (Å²) in [6, 6.07) is -0.624. The van der Waals surface area contributed by atoms with Crippen molar-refractivity contribution in [1.29, 1.82) is 0 Å². The molecule has 0 rings (SSSR count). The average molecular weight is 775 g/mol. The average Bonchev–Trinajstić information content (AvgIpc) is 3.14. The highest BCUT2D eigenvalue weighted by Gasteiger charge is 2.31. The van der Waals surface area contributed by atoms with Crippen molar-refractivity contribution < 1.29 is 38.2 Å². The molecule has 318 valence electrons. The van der Waals surface area contributed by atoms with Gasteiger partial charge in [-0.25, -0.2) is 4.79 Å². The maximum absolute atomic E-state index is 12.6. The molecular formula is C47H84NO7+. The Morgan fingerprint density at radius 2 is 1.04 bits per heavy atom. The van der Waals surface area contributed by atoms with E-state index in [1.165, 1.54) is 96.3 Å². The van der Waals surface area contributed by atoms with Crippen LogP contribution in [0.3, 0.4) is 0 Å². The van der Waals surface area contributed by atoms with Crippen molar-refractivity contribution in [3.8, 4) is 0 Å². The third-order valence-corrected chi connectivity index (χ3v) is 9.71. The highest BCUT2D eigenvalue weighted by atomic mass is 16.6. The van der Waals surface area contributed by atoms with Crippen LogP contribution in [0.15, 0.2) is 48.6 Å². The molecule has 0 amide bonds. The smallest absolute Gasteiger partial charge is 0.362 e. The number of quaternary nitrogens is 1. The molecule has 8 nitrogen and oxygen atoms in total. The van der Waals surface area contributed by atoms with Gasteiger partial charge in [0.15, 0.2) is 12.1 Å². The molecule has 0 aliphatic carbocycles. The third kappa shape index (κ3) is 36.7. The van der Waals surface area contributed by atoms with Crippen LogP contribution in [0, 0.1) is 0 Å². The molecular weight excluding hydrogens is 691 g/mol. The van der Waals surface area contributed by atoms with Gasteiger partial charge < -0.3 is 23.8 Å². The molecule has 0 aliphatic rings. The zero-order valence-corrected chi connectivity index (χ0v) is 36.1. The summed E-state index contributed by atoms with van der Waals surface area (Å²) in [6.45, 7) is 4.55. The fourth-order valence-electron chi connectivity index (χ4n) is 6.29. The van der Waals surface area contributed by atoms with Crippen LogP contribution in [0.2, 0.25) is 0 Å². The number of unbranched alkanes of at least 4 members (excludes halogenated alkanes) is 17. The SMILES string of the molecule is CC/C=C/C/C=C/C/C=C/CCCC(=O)OC(COCCC(C(=O)O)[N+](C)(C)C)COC(=O)CCCCCCCCC/C=C/CCCCCCCCCCC. The normalized spacial score (nSPS) is 13.4. The second-order valence-electron chi connectivity index (χ2n) is 15.9. The molecule has 8 heteroatoms. The molecule has 0 fully saturated rings. The number of carbonyl (C=O) groups is 3. The van der Waals surface area contributed by atoms with Crippen molar-refractivity contribution in [2.24, 2.45) is 0 Å². The molecule has 0 bridgehead atoms. The van der Waals surface area contributed by atoms with Crippen LogP contribution in [0.1, 0.15) is 181 Å².